The molecule has 0 bridgehead atoms. The average Bonchev–Trinajstić information content (AvgIpc) is 3.34. The van der Waals surface area contributed by atoms with E-state index in [2.05, 4.69) is 25.7 Å². The van der Waals surface area contributed by atoms with Crippen molar-refractivity contribution in [2.24, 2.45) is 0 Å². The second-order valence-electron chi connectivity index (χ2n) is 6.60. The number of benzene rings is 1. The molecule has 1 N–H and O–H groups in total. The fourth-order valence-corrected chi connectivity index (χ4v) is 2.99. The number of carbonyl (C=O) groups is 1. The van der Waals surface area contributed by atoms with Crippen LogP contribution >= 0.6 is 0 Å². The van der Waals surface area contributed by atoms with Crippen LogP contribution in [0.1, 0.15) is 40.1 Å². The van der Waals surface area contributed by atoms with Gasteiger partial charge >= 0.3 is 0 Å². The van der Waals surface area contributed by atoms with E-state index in [-0.39, 0.29) is 12.5 Å². The van der Waals surface area contributed by atoms with Crippen LogP contribution in [0.15, 0.2) is 41.1 Å². The molecule has 0 fully saturated rings. The van der Waals surface area contributed by atoms with Crippen molar-refractivity contribution in [2.75, 3.05) is 0 Å². The Labute approximate surface area is 161 Å². The van der Waals surface area contributed by atoms with Crippen LogP contribution < -0.4 is 5.32 Å². The van der Waals surface area contributed by atoms with Gasteiger partial charge in [-0.25, -0.2) is 0 Å². The van der Waals surface area contributed by atoms with Gasteiger partial charge in [-0.15, -0.1) is 10.2 Å². The standard InChI is InChI=1S/C20H20N6O2/c1-4-16-22-20(28-25-16)14-6-5-9-26-17(23-24-18(14)26)11-21-19(27)15-10-12(2)7-8-13(15)3/h5-10H,4,11H2,1-3H3,(H,21,27). The zero-order chi connectivity index (χ0) is 19.7. The highest BCUT2D eigenvalue weighted by Gasteiger charge is 2.16. The number of carbonyl (C=O) groups excluding carboxylic acids is 1. The van der Waals surface area contributed by atoms with Crippen LogP contribution in [-0.2, 0) is 13.0 Å². The van der Waals surface area contributed by atoms with Crippen LogP contribution in [0.5, 0.6) is 0 Å². The summed E-state index contributed by atoms with van der Waals surface area (Å²) in [7, 11) is 0. The lowest BCUT2D eigenvalue weighted by atomic mass is 10.1. The molecule has 3 aromatic heterocycles. The van der Waals surface area contributed by atoms with E-state index < -0.39 is 0 Å². The average molecular weight is 376 g/mol. The van der Waals surface area contributed by atoms with Crippen LogP contribution in [0.25, 0.3) is 17.1 Å². The Kier molecular flexibility index (Phi) is 4.60. The van der Waals surface area contributed by atoms with E-state index >= 15 is 0 Å². The zero-order valence-electron chi connectivity index (χ0n) is 15.9. The van der Waals surface area contributed by atoms with Crippen molar-refractivity contribution in [3.05, 3.63) is 64.9 Å². The van der Waals surface area contributed by atoms with Gasteiger partial charge in [0, 0.05) is 18.2 Å². The molecule has 0 aliphatic heterocycles. The van der Waals surface area contributed by atoms with Crippen molar-refractivity contribution in [3.63, 3.8) is 0 Å². The maximum Gasteiger partial charge on any atom is 0.261 e. The summed E-state index contributed by atoms with van der Waals surface area (Å²) in [6.45, 7) is 6.09. The lowest BCUT2D eigenvalue weighted by Gasteiger charge is -2.08. The lowest BCUT2D eigenvalue weighted by molar-refractivity contribution is 0.0949. The molecule has 0 radical (unpaired) electrons. The van der Waals surface area contributed by atoms with E-state index in [0.717, 1.165) is 11.1 Å². The summed E-state index contributed by atoms with van der Waals surface area (Å²) in [6.07, 6.45) is 2.53. The van der Waals surface area contributed by atoms with Crippen LogP contribution in [-0.4, -0.2) is 30.6 Å². The van der Waals surface area contributed by atoms with Gasteiger partial charge in [0.25, 0.3) is 11.8 Å². The van der Waals surface area contributed by atoms with Gasteiger partial charge in [-0.3, -0.25) is 9.20 Å². The van der Waals surface area contributed by atoms with Crippen LogP contribution in [0, 0.1) is 13.8 Å². The summed E-state index contributed by atoms with van der Waals surface area (Å²) in [5, 5.41) is 15.3. The van der Waals surface area contributed by atoms with Gasteiger partial charge in [-0.1, -0.05) is 29.8 Å². The van der Waals surface area contributed by atoms with Crippen molar-refractivity contribution in [3.8, 4) is 11.5 Å². The molecule has 8 heteroatoms. The molecule has 0 aliphatic rings. The van der Waals surface area contributed by atoms with Crippen molar-refractivity contribution in [2.45, 2.75) is 33.7 Å². The van der Waals surface area contributed by atoms with E-state index in [1.165, 1.54) is 0 Å². The molecule has 8 nitrogen and oxygen atoms in total. The first kappa shape index (κ1) is 17.8. The molecule has 1 amide bonds. The molecule has 0 atom stereocenters. The predicted molar refractivity (Wildman–Crippen MR) is 103 cm³/mol. The third-order valence-electron chi connectivity index (χ3n) is 4.56. The van der Waals surface area contributed by atoms with Crippen molar-refractivity contribution in [1.29, 1.82) is 0 Å². The smallest absolute Gasteiger partial charge is 0.261 e. The molecule has 0 saturated carbocycles. The Hall–Kier alpha value is -3.55. The molecule has 0 spiro atoms. The predicted octanol–water partition coefficient (Wildman–Crippen LogP) is 2.89. The Morgan fingerprint density at radius 2 is 2.07 bits per heavy atom. The highest BCUT2D eigenvalue weighted by molar-refractivity contribution is 5.95. The normalized spacial score (nSPS) is 11.1. The second-order valence-corrected chi connectivity index (χ2v) is 6.60. The molecule has 0 unspecified atom stereocenters. The minimum absolute atomic E-state index is 0.140. The van der Waals surface area contributed by atoms with Crippen LogP contribution in [0.3, 0.4) is 0 Å². The molecule has 1 aromatic carbocycles. The fourth-order valence-electron chi connectivity index (χ4n) is 2.99. The van der Waals surface area contributed by atoms with Gasteiger partial charge in [0.15, 0.2) is 17.3 Å². The molecule has 0 aliphatic carbocycles. The highest BCUT2D eigenvalue weighted by Crippen LogP contribution is 2.22. The van der Waals surface area contributed by atoms with Crippen molar-refractivity contribution in [1.82, 2.24) is 30.1 Å². The minimum Gasteiger partial charge on any atom is -0.345 e. The molecule has 4 rings (SSSR count). The first-order chi connectivity index (χ1) is 13.6. The van der Waals surface area contributed by atoms with Gasteiger partial charge in [0.05, 0.1) is 12.1 Å². The van der Waals surface area contributed by atoms with E-state index in [9.17, 15) is 4.79 Å². The second kappa shape index (κ2) is 7.22. The number of fused-ring (bicyclic) bond motifs is 1. The fraction of sp³-hybridized carbons (Fsp3) is 0.250. The lowest BCUT2D eigenvalue weighted by Crippen LogP contribution is -2.24. The number of hydrogen-bond donors (Lipinski definition) is 1. The van der Waals surface area contributed by atoms with Crippen molar-refractivity contribution < 1.29 is 9.32 Å². The molecule has 4 aromatic rings. The first-order valence-corrected chi connectivity index (χ1v) is 9.08. The number of aryl methyl sites for hydroxylation is 3. The van der Waals surface area contributed by atoms with Crippen LogP contribution in [0.4, 0.5) is 0 Å². The van der Waals surface area contributed by atoms with E-state index in [1.807, 2.05) is 61.7 Å². The molecule has 3 heterocycles. The zero-order valence-corrected chi connectivity index (χ0v) is 15.9. The first-order valence-electron chi connectivity index (χ1n) is 9.08. The maximum absolute atomic E-state index is 12.6. The maximum atomic E-state index is 12.6. The summed E-state index contributed by atoms with van der Waals surface area (Å²) < 4.78 is 7.14. The summed E-state index contributed by atoms with van der Waals surface area (Å²) in [5.74, 6) is 1.52. The van der Waals surface area contributed by atoms with Gasteiger partial charge in [0.2, 0.25) is 0 Å². The van der Waals surface area contributed by atoms with Crippen LogP contribution in [0.2, 0.25) is 0 Å². The van der Waals surface area contributed by atoms with Gasteiger partial charge in [-0.2, -0.15) is 4.98 Å². The molecule has 142 valence electrons. The van der Waals surface area contributed by atoms with E-state index in [4.69, 9.17) is 4.52 Å². The third kappa shape index (κ3) is 3.24. The number of nitrogens with zero attached hydrogens (tertiary/aromatic N) is 5. The summed E-state index contributed by atoms with van der Waals surface area (Å²) in [4.78, 5) is 16.9. The summed E-state index contributed by atoms with van der Waals surface area (Å²) >= 11 is 0. The summed E-state index contributed by atoms with van der Waals surface area (Å²) in [6, 6.07) is 9.53. The monoisotopic (exact) mass is 376 g/mol. The SMILES string of the molecule is CCc1noc(-c2cccn3c(CNC(=O)c4cc(C)ccc4C)nnc23)n1. The Morgan fingerprint density at radius 3 is 2.86 bits per heavy atom. The Morgan fingerprint density at radius 1 is 1.21 bits per heavy atom. The Bertz CT molecular complexity index is 1160. The Balaban J connectivity index is 1.59. The van der Waals surface area contributed by atoms with Gasteiger partial charge in [0.1, 0.15) is 0 Å². The van der Waals surface area contributed by atoms with E-state index in [1.54, 1.807) is 0 Å². The summed E-state index contributed by atoms with van der Waals surface area (Å²) in [5.41, 5.74) is 3.94. The molecule has 0 saturated heterocycles. The van der Waals surface area contributed by atoms with E-state index in [0.29, 0.717) is 40.7 Å². The number of rotatable bonds is 5. The minimum atomic E-state index is -0.140. The molecule has 28 heavy (non-hydrogen) atoms. The third-order valence-corrected chi connectivity index (χ3v) is 4.56. The topological polar surface area (TPSA) is 98.2 Å². The van der Waals surface area contributed by atoms with Gasteiger partial charge < -0.3 is 9.84 Å². The largest absolute Gasteiger partial charge is 0.345 e. The highest BCUT2D eigenvalue weighted by atomic mass is 16.5. The van der Waals surface area contributed by atoms with Crippen molar-refractivity contribution >= 4 is 11.6 Å². The molecular weight excluding hydrogens is 356 g/mol. The number of hydrogen-bond acceptors (Lipinski definition) is 6. The molecular formula is C20H20N6O2. The number of nitrogens with one attached hydrogen (secondary N) is 1. The number of pyridine rings is 1. The number of aromatic nitrogens is 5. The number of amides is 1. The van der Waals surface area contributed by atoms with Gasteiger partial charge in [-0.05, 0) is 37.6 Å². The quantitative estimate of drug-likeness (QED) is 0.575.